The number of nitrogens with one attached hydrogen (secondary N) is 1. The Morgan fingerprint density at radius 3 is 2.78 bits per heavy atom. The predicted octanol–water partition coefficient (Wildman–Crippen LogP) is 2.91. The standard InChI is InChI=1S/C19H14N4O3S/c24-17(14-9-21-16-13(14)7-4-8-20-16)22-19-23(15(11-27-19)18(25)26)10-12-5-2-1-3-6-12/h1-9,11H,10H2,(H,20,21)(H,25,26)/b22-19+. The van der Waals surface area contributed by atoms with Gasteiger partial charge >= 0.3 is 5.97 Å². The van der Waals surface area contributed by atoms with Gasteiger partial charge in [-0.15, -0.1) is 11.3 Å². The summed E-state index contributed by atoms with van der Waals surface area (Å²) in [5, 5.41) is 11.6. The lowest BCUT2D eigenvalue weighted by Crippen LogP contribution is -2.22. The first kappa shape index (κ1) is 16.9. The largest absolute Gasteiger partial charge is 0.477 e. The van der Waals surface area contributed by atoms with Crippen LogP contribution in [0.3, 0.4) is 0 Å². The Hall–Kier alpha value is -3.52. The Morgan fingerprint density at radius 2 is 2.00 bits per heavy atom. The number of rotatable bonds is 4. The van der Waals surface area contributed by atoms with E-state index < -0.39 is 11.9 Å². The van der Waals surface area contributed by atoms with Crippen molar-refractivity contribution in [2.24, 2.45) is 4.99 Å². The van der Waals surface area contributed by atoms with Crippen LogP contribution in [0.1, 0.15) is 26.4 Å². The zero-order valence-electron chi connectivity index (χ0n) is 14.0. The van der Waals surface area contributed by atoms with Gasteiger partial charge in [-0.3, -0.25) is 4.79 Å². The van der Waals surface area contributed by atoms with Crippen LogP contribution >= 0.6 is 11.3 Å². The second kappa shape index (κ2) is 7.00. The summed E-state index contributed by atoms with van der Waals surface area (Å²) >= 11 is 1.12. The van der Waals surface area contributed by atoms with Gasteiger partial charge in [0.15, 0.2) is 4.80 Å². The molecule has 0 radical (unpaired) electrons. The fourth-order valence-corrected chi connectivity index (χ4v) is 3.66. The van der Waals surface area contributed by atoms with E-state index in [1.807, 2.05) is 30.3 Å². The number of carboxylic acids is 1. The van der Waals surface area contributed by atoms with Crippen LogP contribution in [0.5, 0.6) is 0 Å². The molecule has 0 atom stereocenters. The first-order valence-electron chi connectivity index (χ1n) is 8.10. The van der Waals surface area contributed by atoms with Gasteiger partial charge in [0, 0.05) is 23.2 Å². The van der Waals surface area contributed by atoms with Crippen molar-refractivity contribution in [1.29, 1.82) is 0 Å². The number of aromatic nitrogens is 3. The minimum Gasteiger partial charge on any atom is -0.477 e. The number of thiazole rings is 1. The number of nitrogens with zero attached hydrogens (tertiary/aromatic N) is 3. The van der Waals surface area contributed by atoms with Crippen LogP contribution in [0.4, 0.5) is 0 Å². The summed E-state index contributed by atoms with van der Waals surface area (Å²) in [5.74, 6) is -1.51. The predicted molar refractivity (Wildman–Crippen MR) is 101 cm³/mol. The lowest BCUT2D eigenvalue weighted by atomic mass is 10.2. The number of benzene rings is 1. The van der Waals surface area contributed by atoms with Crippen molar-refractivity contribution in [3.05, 3.63) is 81.9 Å². The molecule has 27 heavy (non-hydrogen) atoms. The number of H-pyrrole nitrogens is 1. The monoisotopic (exact) mass is 378 g/mol. The zero-order valence-corrected chi connectivity index (χ0v) is 14.8. The van der Waals surface area contributed by atoms with Gasteiger partial charge in [-0.05, 0) is 17.7 Å². The summed E-state index contributed by atoms with van der Waals surface area (Å²) in [5.41, 5.74) is 2.01. The molecule has 0 aliphatic heterocycles. The van der Waals surface area contributed by atoms with Crippen LogP contribution in [0, 0.1) is 0 Å². The molecule has 7 nitrogen and oxygen atoms in total. The third-order valence-corrected chi connectivity index (χ3v) is 4.94. The van der Waals surface area contributed by atoms with Crippen molar-refractivity contribution in [2.45, 2.75) is 6.54 Å². The van der Waals surface area contributed by atoms with Crippen LogP contribution in [0.15, 0.2) is 65.2 Å². The van der Waals surface area contributed by atoms with Gasteiger partial charge in [-0.25, -0.2) is 9.78 Å². The molecular weight excluding hydrogens is 364 g/mol. The molecule has 134 valence electrons. The molecule has 0 unspecified atom stereocenters. The first-order chi connectivity index (χ1) is 13.1. The fourth-order valence-electron chi connectivity index (χ4n) is 2.79. The van der Waals surface area contributed by atoms with E-state index in [1.54, 1.807) is 24.5 Å². The van der Waals surface area contributed by atoms with Crippen LogP contribution in [0.25, 0.3) is 11.0 Å². The van der Waals surface area contributed by atoms with E-state index in [0.29, 0.717) is 27.9 Å². The second-order valence-electron chi connectivity index (χ2n) is 5.80. The van der Waals surface area contributed by atoms with Gasteiger partial charge in [0.2, 0.25) is 0 Å². The number of amides is 1. The number of carboxylic acid groups (broad SMARTS) is 1. The van der Waals surface area contributed by atoms with Crippen molar-refractivity contribution in [2.75, 3.05) is 0 Å². The molecule has 4 rings (SSSR count). The average molecular weight is 378 g/mol. The number of pyridine rings is 1. The van der Waals surface area contributed by atoms with E-state index in [2.05, 4.69) is 15.0 Å². The number of aromatic carboxylic acids is 1. The maximum Gasteiger partial charge on any atom is 0.353 e. The minimum atomic E-state index is -1.06. The number of carbonyl (C=O) groups is 2. The highest BCUT2D eigenvalue weighted by molar-refractivity contribution is 7.07. The van der Waals surface area contributed by atoms with Crippen LogP contribution < -0.4 is 4.80 Å². The average Bonchev–Trinajstić information content (AvgIpc) is 3.27. The van der Waals surface area contributed by atoms with Gasteiger partial charge < -0.3 is 14.7 Å². The molecule has 0 spiro atoms. The molecule has 1 amide bonds. The Kier molecular flexibility index (Phi) is 4.39. The van der Waals surface area contributed by atoms with Gasteiger partial charge in [-0.1, -0.05) is 30.3 Å². The summed E-state index contributed by atoms with van der Waals surface area (Å²) in [6.07, 6.45) is 3.20. The number of carbonyl (C=O) groups excluding carboxylic acids is 1. The summed E-state index contributed by atoms with van der Waals surface area (Å²) in [7, 11) is 0. The van der Waals surface area contributed by atoms with E-state index in [1.165, 1.54) is 9.95 Å². The molecule has 4 aromatic rings. The molecule has 0 aliphatic carbocycles. The van der Waals surface area contributed by atoms with Crippen molar-refractivity contribution in [3.8, 4) is 0 Å². The maximum absolute atomic E-state index is 12.7. The lowest BCUT2D eigenvalue weighted by Gasteiger charge is -2.06. The van der Waals surface area contributed by atoms with Crippen molar-refractivity contribution >= 4 is 34.2 Å². The summed E-state index contributed by atoms with van der Waals surface area (Å²) in [6, 6.07) is 13.0. The minimum absolute atomic E-state index is 0.0935. The van der Waals surface area contributed by atoms with E-state index in [4.69, 9.17) is 0 Å². The van der Waals surface area contributed by atoms with Crippen LogP contribution in [-0.2, 0) is 6.54 Å². The third kappa shape index (κ3) is 3.30. The SMILES string of the molecule is O=C(/N=c1/scc(C(=O)O)n1Cc1ccccc1)c1c[nH]c2ncccc12. The maximum atomic E-state index is 12.7. The van der Waals surface area contributed by atoms with Gasteiger partial charge in [-0.2, -0.15) is 4.99 Å². The number of fused-ring (bicyclic) bond motifs is 1. The molecule has 1 aromatic carbocycles. The summed E-state index contributed by atoms with van der Waals surface area (Å²) in [6.45, 7) is 0.313. The van der Waals surface area contributed by atoms with E-state index in [9.17, 15) is 14.7 Å². The number of aromatic amines is 1. The Labute approximate surface area is 157 Å². The van der Waals surface area contributed by atoms with Crippen molar-refractivity contribution in [3.63, 3.8) is 0 Å². The third-order valence-electron chi connectivity index (χ3n) is 4.08. The lowest BCUT2D eigenvalue weighted by molar-refractivity contribution is 0.0684. The molecule has 3 aromatic heterocycles. The first-order valence-corrected chi connectivity index (χ1v) is 8.98. The van der Waals surface area contributed by atoms with Crippen molar-refractivity contribution in [1.82, 2.24) is 14.5 Å². The summed E-state index contributed by atoms with van der Waals surface area (Å²) in [4.78, 5) is 35.9. The Bertz CT molecular complexity index is 1200. The highest BCUT2D eigenvalue weighted by Gasteiger charge is 2.16. The highest BCUT2D eigenvalue weighted by Crippen LogP contribution is 2.16. The topological polar surface area (TPSA) is 100 Å². The Morgan fingerprint density at radius 1 is 1.19 bits per heavy atom. The van der Waals surface area contributed by atoms with Crippen molar-refractivity contribution < 1.29 is 14.7 Å². The summed E-state index contributed by atoms with van der Waals surface area (Å²) < 4.78 is 1.54. The molecule has 0 aliphatic rings. The molecule has 3 heterocycles. The van der Waals surface area contributed by atoms with Crippen LogP contribution in [0.2, 0.25) is 0 Å². The highest BCUT2D eigenvalue weighted by atomic mass is 32.1. The zero-order chi connectivity index (χ0) is 18.8. The smallest absolute Gasteiger partial charge is 0.353 e. The molecule has 2 N–H and O–H groups in total. The van der Waals surface area contributed by atoms with E-state index in [0.717, 1.165) is 16.9 Å². The van der Waals surface area contributed by atoms with Crippen LogP contribution in [-0.4, -0.2) is 31.5 Å². The molecule has 0 bridgehead atoms. The van der Waals surface area contributed by atoms with Gasteiger partial charge in [0.05, 0.1) is 12.1 Å². The molecule has 0 fully saturated rings. The quantitative estimate of drug-likeness (QED) is 0.570. The molecule has 0 saturated carbocycles. The molecule has 8 heteroatoms. The van der Waals surface area contributed by atoms with E-state index in [-0.39, 0.29) is 5.69 Å². The number of hydrogen-bond acceptors (Lipinski definition) is 4. The second-order valence-corrected chi connectivity index (χ2v) is 6.64. The molecule has 0 saturated heterocycles. The van der Waals surface area contributed by atoms with Gasteiger partial charge in [0.1, 0.15) is 11.3 Å². The van der Waals surface area contributed by atoms with Gasteiger partial charge in [0.25, 0.3) is 5.91 Å². The van der Waals surface area contributed by atoms with E-state index >= 15 is 0 Å². The fraction of sp³-hybridized carbons (Fsp3) is 0.0526. The Balaban J connectivity index is 1.79. The number of hydrogen-bond donors (Lipinski definition) is 2. The normalized spacial score (nSPS) is 11.8. The molecular formula is C19H14N4O3S.